The van der Waals surface area contributed by atoms with Crippen molar-refractivity contribution in [2.45, 2.75) is 45.1 Å². The molecule has 0 saturated carbocycles. The molecule has 2 fully saturated rings. The number of aryl methyl sites for hydroxylation is 1. The van der Waals surface area contributed by atoms with Crippen LogP contribution in [0.15, 0.2) is 70.5 Å². The minimum absolute atomic E-state index is 0.0307. The number of nitrogens with one attached hydrogen (secondary N) is 2. The molecule has 0 bridgehead atoms. The van der Waals surface area contributed by atoms with Crippen LogP contribution in [0, 0.1) is 6.92 Å². The summed E-state index contributed by atoms with van der Waals surface area (Å²) in [6.45, 7) is 3.90. The first-order valence-corrected chi connectivity index (χ1v) is 14.6. The number of guanidine groups is 1. The molecule has 1 aromatic carbocycles. The van der Waals surface area contributed by atoms with E-state index in [0.29, 0.717) is 30.0 Å². The van der Waals surface area contributed by atoms with Crippen LogP contribution in [0.25, 0.3) is 16.8 Å². The van der Waals surface area contributed by atoms with Crippen molar-refractivity contribution in [2.24, 2.45) is 4.99 Å². The number of hydrogen-bond donors (Lipinski definition) is 2. The summed E-state index contributed by atoms with van der Waals surface area (Å²) in [4.78, 5) is 52.4. The standard InChI is InChI=1S/C31H34N8O4/c1-21-17-23-18-24(9-10-26(23)43-21)34-31(36-29(41)22-8-11-27(32-19-22)39-16-6-12-33-39)35-25-7-2-3-15-38(30(25)42)20-28(40)37-13-4-5-14-37/h6,8-12,16-19,25H,2-5,7,13-15,20H2,1H3,(H2,34,35,36,41). The van der Waals surface area contributed by atoms with Gasteiger partial charge in [-0.25, -0.2) is 14.7 Å². The molecule has 3 amide bonds. The molecule has 4 aromatic rings. The molecule has 12 nitrogen and oxygen atoms in total. The Kier molecular flexibility index (Phi) is 8.16. The monoisotopic (exact) mass is 582 g/mol. The van der Waals surface area contributed by atoms with Crippen molar-refractivity contribution in [3.05, 3.63) is 72.4 Å². The van der Waals surface area contributed by atoms with Crippen LogP contribution in [0.5, 0.6) is 0 Å². The van der Waals surface area contributed by atoms with E-state index in [0.717, 1.165) is 55.5 Å². The first-order chi connectivity index (χ1) is 20.9. The lowest BCUT2D eigenvalue weighted by molar-refractivity contribution is -0.140. The van der Waals surface area contributed by atoms with Crippen LogP contribution < -0.4 is 10.6 Å². The van der Waals surface area contributed by atoms with Gasteiger partial charge < -0.3 is 19.5 Å². The molecule has 2 aliphatic heterocycles. The Morgan fingerprint density at radius 2 is 1.91 bits per heavy atom. The molecule has 6 rings (SSSR count). The van der Waals surface area contributed by atoms with E-state index in [1.54, 1.807) is 40.2 Å². The second-order valence-corrected chi connectivity index (χ2v) is 10.9. The summed E-state index contributed by atoms with van der Waals surface area (Å²) in [5.74, 6) is 0.805. The predicted molar refractivity (Wildman–Crippen MR) is 161 cm³/mol. The van der Waals surface area contributed by atoms with Crippen molar-refractivity contribution < 1.29 is 18.8 Å². The zero-order valence-electron chi connectivity index (χ0n) is 24.0. The van der Waals surface area contributed by atoms with Crippen molar-refractivity contribution in [3.63, 3.8) is 0 Å². The van der Waals surface area contributed by atoms with E-state index in [-0.39, 0.29) is 24.3 Å². The maximum Gasteiger partial charge on any atom is 0.259 e. The van der Waals surface area contributed by atoms with Crippen LogP contribution in [-0.4, -0.2) is 80.5 Å². The van der Waals surface area contributed by atoms with Crippen molar-refractivity contribution in [1.82, 2.24) is 29.9 Å². The van der Waals surface area contributed by atoms with E-state index < -0.39 is 11.9 Å². The lowest BCUT2D eigenvalue weighted by atomic mass is 10.1. The zero-order valence-corrected chi connectivity index (χ0v) is 24.0. The van der Waals surface area contributed by atoms with Crippen LogP contribution in [0.1, 0.15) is 48.2 Å². The van der Waals surface area contributed by atoms with Gasteiger partial charge in [-0.1, -0.05) is 0 Å². The molecule has 2 aliphatic rings. The number of benzene rings is 1. The Hall–Kier alpha value is -5.00. The largest absolute Gasteiger partial charge is 0.461 e. The molecular weight excluding hydrogens is 548 g/mol. The maximum absolute atomic E-state index is 13.6. The number of rotatable bonds is 6. The molecule has 1 atom stereocenters. The number of likely N-dealkylation sites (tertiary alicyclic amines) is 2. The van der Waals surface area contributed by atoms with Crippen molar-refractivity contribution in [3.8, 4) is 5.82 Å². The smallest absolute Gasteiger partial charge is 0.259 e. The Labute approximate surface area is 248 Å². The summed E-state index contributed by atoms with van der Waals surface area (Å²) in [6, 6.07) is 11.9. The summed E-state index contributed by atoms with van der Waals surface area (Å²) in [6.07, 6.45) is 8.93. The first-order valence-electron chi connectivity index (χ1n) is 14.6. The van der Waals surface area contributed by atoms with Crippen molar-refractivity contribution in [1.29, 1.82) is 0 Å². The molecule has 0 aliphatic carbocycles. The second-order valence-electron chi connectivity index (χ2n) is 10.9. The number of nitrogens with zero attached hydrogens (tertiary/aromatic N) is 6. The van der Waals surface area contributed by atoms with Gasteiger partial charge in [0.25, 0.3) is 5.91 Å². The number of fused-ring (bicyclic) bond motifs is 1. The van der Waals surface area contributed by atoms with Crippen molar-refractivity contribution >= 4 is 40.3 Å². The Morgan fingerprint density at radius 3 is 2.67 bits per heavy atom. The van der Waals surface area contributed by atoms with Crippen LogP contribution in [0.2, 0.25) is 0 Å². The number of anilines is 1. The SMILES string of the molecule is Cc1cc2cc(NC(=NC3CCCCN(CC(=O)N4CCCC4)C3=O)NC(=O)c3ccc(-n4cccn4)nc3)ccc2o1. The van der Waals surface area contributed by atoms with Gasteiger partial charge in [0.15, 0.2) is 5.82 Å². The highest BCUT2D eigenvalue weighted by Crippen LogP contribution is 2.23. The zero-order chi connectivity index (χ0) is 29.8. The fourth-order valence-corrected chi connectivity index (χ4v) is 5.47. The number of amides is 3. The summed E-state index contributed by atoms with van der Waals surface area (Å²) < 4.78 is 7.29. The van der Waals surface area contributed by atoms with Gasteiger partial charge >= 0.3 is 0 Å². The number of aliphatic imine (C=N–C) groups is 1. The molecule has 5 heterocycles. The number of pyridine rings is 1. The van der Waals surface area contributed by atoms with Gasteiger partial charge in [0, 0.05) is 49.3 Å². The third-order valence-corrected chi connectivity index (χ3v) is 7.71. The predicted octanol–water partition coefficient (Wildman–Crippen LogP) is 3.52. The number of furan rings is 1. The van der Waals surface area contributed by atoms with E-state index in [2.05, 4.69) is 20.7 Å². The molecule has 0 radical (unpaired) electrons. The Bertz CT molecular complexity index is 1640. The van der Waals surface area contributed by atoms with Gasteiger partial charge in [0.2, 0.25) is 17.8 Å². The minimum atomic E-state index is -0.753. The molecule has 222 valence electrons. The number of aromatic nitrogens is 3. The normalized spacial score (nSPS) is 17.7. The van der Waals surface area contributed by atoms with Crippen LogP contribution in [-0.2, 0) is 9.59 Å². The molecule has 0 spiro atoms. The third-order valence-electron chi connectivity index (χ3n) is 7.71. The summed E-state index contributed by atoms with van der Waals surface area (Å²) in [5.41, 5.74) is 1.73. The number of carbonyl (C=O) groups is 3. The molecule has 3 aromatic heterocycles. The average molecular weight is 583 g/mol. The highest BCUT2D eigenvalue weighted by atomic mass is 16.3. The van der Waals surface area contributed by atoms with E-state index in [4.69, 9.17) is 9.41 Å². The van der Waals surface area contributed by atoms with E-state index >= 15 is 0 Å². The fourth-order valence-electron chi connectivity index (χ4n) is 5.47. The highest BCUT2D eigenvalue weighted by Gasteiger charge is 2.30. The molecule has 43 heavy (non-hydrogen) atoms. The Morgan fingerprint density at radius 1 is 1.07 bits per heavy atom. The third kappa shape index (κ3) is 6.58. The molecular formula is C31H34N8O4. The summed E-state index contributed by atoms with van der Waals surface area (Å²) in [7, 11) is 0. The summed E-state index contributed by atoms with van der Waals surface area (Å²) >= 11 is 0. The van der Waals surface area contributed by atoms with Gasteiger partial charge in [0.1, 0.15) is 17.4 Å². The Balaban J connectivity index is 1.25. The molecule has 1 unspecified atom stereocenters. The van der Waals surface area contributed by atoms with Gasteiger partial charge in [-0.15, -0.1) is 0 Å². The van der Waals surface area contributed by atoms with Crippen LogP contribution >= 0.6 is 0 Å². The fraction of sp³-hybridized carbons (Fsp3) is 0.355. The van der Waals surface area contributed by atoms with E-state index in [1.165, 1.54) is 6.20 Å². The van der Waals surface area contributed by atoms with Crippen LogP contribution in [0.3, 0.4) is 0 Å². The number of carbonyl (C=O) groups excluding carboxylic acids is 3. The van der Waals surface area contributed by atoms with Crippen molar-refractivity contribution in [2.75, 3.05) is 31.5 Å². The first kappa shape index (κ1) is 28.1. The lowest BCUT2D eigenvalue weighted by Gasteiger charge is -2.25. The second kappa shape index (κ2) is 12.5. The van der Waals surface area contributed by atoms with E-state index in [1.807, 2.05) is 36.1 Å². The van der Waals surface area contributed by atoms with E-state index in [9.17, 15) is 14.4 Å². The molecule has 12 heteroatoms. The van der Waals surface area contributed by atoms with Gasteiger partial charge in [0.05, 0.1) is 12.1 Å². The topological polar surface area (TPSA) is 138 Å². The minimum Gasteiger partial charge on any atom is -0.461 e. The van der Waals surface area contributed by atoms with Gasteiger partial charge in [-0.05, 0) is 81.5 Å². The quantitative estimate of drug-likeness (QED) is 0.262. The molecule has 2 N–H and O–H groups in total. The molecule has 2 saturated heterocycles. The lowest BCUT2D eigenvalue weighted by Crippen LogP contribution is -2.45. The highest BCUT2D eigenvalue weighted by molar-refractivity contribution is 6.10. The maximum atomic E-state index is 13.6. The van der Waals surface area contributed by atoms with Crippen LogP contribution in [0.4, 0.5) is 5.69 Å². The summed E-state index contributed by atoms with van der Waals surface area (Å²) in [5, 5.41) is 11.1. The number of hydrogen-bond acceptors (Lipinski definition) is 7. The van der Waals surface area contributed by atoms with Gasteiger partial charge in [-0.2, -0.15) is 5.10 Å². The van der Waals surface area contributed by atoms with Gasteiger partial charge in [-0.3, -0.25) is 19.7 Å². The average Bonchev–Trinajstić information content (AvgIpc) is 3.78.